The number of aryl methyl sites for hydroxylation is 1. The first-order valence-corrected chi connectivity index (χ1v) is 9.51. The van der Waals surface area contributed by atoms with Crippen LogP contribution in [-0.4, -0.2) is 25.0 Å². The van der Waals surface area contributed by atoms with Crippen molar-refractivity contribution in [2.24, 2.45) is 5.16 Å². The van der Waals surface area contributed by atoms with Gasteiger partial charge in [-0.15, -0.1) is 11.8 Å². The van der Waals surface area contributed by atoms with E-state index in [1.54, 1.807) is 25.3 Å². The number of rotatable bonds is 4. The molecule has 0 aliphatic heterocycles. The molecule has 0 fully saturated rings. The molecule has 25 heavy (non-hydrogen) atoms. The SMILES string of the molecule is COc1ccc2c(c1)/C(=N\OC(=O)c1cc(Cl)ccc1SC)CCC2. The molecule has 1 aliphatic rings. The molecule has 0 unspecified atom stereocenters. The summed E-state index contributed by atoms with van der Waals surface area (Å²) >= 11 is 7.46. The summed E-state index contributed by atoms with van der Waals surface area (Å²) in [5.41, 5.74) is 3.36. The van der Waals surface area contributed by atoms with Crippen LogP contribution in [0.4, 0.5) is 0 Å². The minimum Gasteiger partial charge on any atom is -0.497 e. The maximum absolute atomic E-state index is 12.4. The molecule has 0 aromatic heterocycles. The van der Waals surface area contributed by atoms with Gasteiger partial charge in [0.15, 0.2) is 0 Å². The van der Waals surface area contributed by atoms with Gasteiger partial charge in [0.25, 0.3) is 0 Å². The van der Waals surface area contributed by atoms with Crippen molar-refractivity contribution in [1.82, 2.24) is 0 Å². The third kappa shape index (κ3) is 3.99. The lowest BCUT2D eigenvalue weighted by molar-refractivity contribution is 0.0511. The van der Waals surface area contributed by atoms with Crippen LogP contribution < -0.4 is 4.74 Å². The Morgan fingerprint density at radius 2 is 2.04 bits per heavy atom. The van der Waals surface area contributed by atoms with Gasteiger partial charge < -0.3 is 9.57 Å². The number of ether oxygens (including phenoxy) is 1. The van der Waals surface area contributed by atoms with Gasteiger partial charge in [-0.3, -0.25) is 0 Å². The maximum atomic E-state index is 12.4. The van der Waals surface area contributed by atoms with Gasteiger partial charge in [-0.05, 0) is 61.4 Å². The van der Waals surface area contributed by atoms with Crippen molar-refractivity contribution < 1.29 is 14.4 Å². The number of carbonyl (C=O) groups is 1. The van der Waals surface area contributed by atoms with Gasteiger partial charge in [-0.2, -0.15) is 0 Å². The van der Waals surface area contributed by atoms with Gasteiger partial charge in [0.1, 0.15) is 5.75 Å². The molecule has 0 spiro atoms. The summed E-state index contributed by atoms with van der Waals surface area (Å²) in [4.78, 5) is 18.5. The van der Waals surface area contributed by atoms with Gasteiger partial charge in [-0.1, -0.05) is 22.8 Å². The number of oxime groups is 1. The van der Waals surface area contributed by atoms with E-state index in [2.05, 4.69) is 5.16 Å². The lowest BCUT2D eigenvalue weighted by atomic mass is 9.90. The van der Waals surface area contributed by atoms with E-state index in [9.17, 15) is 4.79 Å². The zero-order valence-corrected chi connectivity index (χ0v) is 15.6. The van der Waals surface area contributed by atoms with Crippen LogP contribution in [0.15, 0.2) is 46.4 Å². The Morgan fingerprint density at radius 1 is 1.20 bits per heavy atom. The second-order valence-electron chi connectivity index (χ2n) is 5.64. The number of fused-ring (bicyclic) bond motifs is 1. The van der Waals surface area contributed by atoms with E-state index < -0.39 is 5.97 Å². The minimum atomic E-state index is -0.505. The fourth-order valence-corrected chi connectivity index (χ4v) is 3.57. The van der Waals surface area contributed by atoms with Crippen LogP contribution in [0.3, 0.4) is 0 Å². The van der Waals surface area contributed by atoms with Crippen LogP contribution in [0.2, 0.25) is 5.02 Å². The van der Waals surface area contributed by atoms with Gasteiger partial charge in [0.05, 0.1) is 18.4 Å². The smallest absolute Gasteiger partial charge is 0.366 e. The maximum Gasteiger partial charge on any atom is 0.366 e. The van der Waals surface area contributed by atoms with Gasteiger partial charge >= 0.3 is 5.97 Å². The van der Waals surface area contributed by atoms with Crippen molar-refractivity contribution >= 4 is 35.0 Å². The first-order valence-electron chi connectivity index (χ1n) is 7.91. The van der Waals surface area contributed by atoms with Gasteiger partial charge in [-0.25, -0.2) is 4.79 Å². The third-order valence-electron chi connectivity index (χ3n) is 4.11. The molecule has 2 aromatic rings. The molecule has 0 N–H and O–H groups in total. The molecule has 0 atom stereocenters. The molecule has 2 aromatic carbocycles. The largest absolute Gasteiger partial charge is 0.497 e. The summed E-state index contributed by atoms with van der Waals surface area (Å²) in [5, 5.41) is 4.63. The quantitative estimate of drug-likeness (QED) is 0.430. The highest BCUT2D eigenvalue weighted by Gasteiger charge is 2.19. The molecule has 0 saturated heterocycles. The first-order chi connectivity index (χ1) is 12.1. The van der Waals surface area contributed by atoms with Crippen LogP contribution in [0.1, 0.15) is 34.3 Å². The van der Waals surface area contributed by atoms with Crippen molar-refractivity contribution in [2.75, 3.05) is 13.4 Å². The van der Waals surface area contributed by atoms with E-state index in [0.29, 0.717) is 10.6 Å². The predicted octanol–water partition coefficient (Wildman–Crippen LogP) is 4.97. The van der Waals surface area contributed by atoms with Crippen LogP contribution in [0, 0.1) is 0 Å². The van der Waals surface area contributed by atoms with Crippen molar-refractivity contribution in [2.45, 2.75) is 24.2 Å². The van der Waals surface area contributed by atoms with Crippen molar-refractivity contribution in [3.8, 4) is 5.75 Å². The second-order valence-corrected chi connectivity index (χ2v) is 6.92. The summed E-state index contributed by atoms with van der Waals surface area (Å²) in [7, 11) is 1.63. The van der Waals surface area contributed by atoms with E-state index in [1.807, 2.05) is 24.5 Å². The first kappa shape index (κ1) is 17.8. The molecule has 1 aliphatic carbocycles. The topological polar surface area (TPSA) is 47.9 Å². The van der Waals surface area contributed by atoms with Gasteiger partial charge in [0, 0.05) is 15.5 Å². The van der Waals surface area contributed by atoms with E-state index in [-0.39, 0.29) is 0 Å². The molecule has 4 nitrogen and oxygen atoms in total. The average molecular weight is 376 g/mol. The fourth-order valence-electron chi connectivity index (χ4n) is 2.83. The number of hydrogen-bond donors (Lipinski definition) is 0. The van der Waals surface area contributed by atoms with Gasteiger partial charge in [0.2, 0.25) is 0 Å². The lowest BCUT2D eigenvalue weighted by Gasteiger charge is -2.18. The Balaban J connectivity index is 1.86. The van der Waals surface area contributed by atoms with E-state index in [1.165, 1.54) is 17.3 Å². The van der Waals surface area contributed by atoms with E-state index in [4.69, 9.17) is 21.2 Å². The molecular formula is C19H18ClNO3S. The second kappa shape index (κ2) is 7.93. The molecule has 130 valence electrons. The molecule has 6 heteroatoms. The normalized spacial score (nSPS) is 14.9. The average Bonchev–Trinajstić information content (AvgIpc) is 2.65. The molecule has 0 heterocycles. The molecule has 0 saturated carbocycles. The molecule has 0 radical (unpaired) electrons. The molecule has 0 bridgehead atoms. The summed E-state index contributed by atoms with van der Waals surface area (Å²) in [5.74, 6) is 0.258. The highest BCUT2D eigenvalue weighted by atomic mass is 35.5. The number of methoxy groups -OCH3 is 1. The van der Waals surface area contributed by atoms with Crippen LogP contribution in [0.5, 0.6) is 5.75 Å². The number of halogens is 1. The lowest BCUT2D eigenvalue weighted by Crippen LogP contribution is -2.14. The van der Waals surface area contributed by atoms with Crippen molar-refractivity contribution in [3.63, 3.8) is 0 Å². The van der Waals surface area contributed by atoms with Crippen molar-refractivity contribution in [1.29, 1.82) is 0 Å². The highest BCUT2D eigenvalue weighted by molar-refractivity contribution is 7.98. The Kier molecular flexibility index (Phi) is 5.66. The fraction of sp³-hybridized carbons (Fsp3) is 0.263. The zero-order valence-electron chi connectivity index (χ0n) is 14.0. The minimum absolute atomic E-state index is 0.422. The monoisotopic (exact) mass is 375 g/mol. The number of thioether (sulfide) groups is 1. The Bertz CT molecular complexity index is 835. The zero-order chi connectivity index (χ0) is 17.8. The molecule has 0 amide bonds. The Hall–Kier alpha value is -1.98. The number of nitrogens with zero attached hydrogens (tertiary/aromatic N) is 1. The number of benzene rings is 2. The molecule has 3 rings (SSSR count). The van der Waals surface area contributed by atoms with E-state index >= 15 is 0 Å². The summed E-state index contributed by atoms with van der Waals surface area (Å²) < 4.78 is 5.29. The Labute approximate surface area is 156 Å². The van der Waals surface area contributed by atoms with Crippen LogP contribution in [0.25, 0.3) is 0 Å². The Morgan fingerprint density at radius 3 is 2.80 bits per heavy atom. The van der Waals surface area contributed by atoms with Crippen LogP contribution >= 0.6 is 23.4 Å². The number of carbonyl (C=O) groups excluding carboxylic acids is 1. The van der Waals surface area contributed by atoms with E-state index in [0.717, 1.165) is 41.2 Å². The van der Waals surface area contributed by atoms with Crippen LogP contribution in [-0.2, 0) is 11.3 Å². The molecular weight excluding hydrogens is 358 g/mol. The van der Waals surface area contributed by atoms with Crippen molar-refractivity contribution in [3.05, 3.63) is 58.1 Å². The predicted molar refractivity (Wildman–Crippen MR) is 101 cm³/mol. The highest BCUT2D eigenvalue weighted by Crippen LogP contribution is 2.27. The number of hydrogen-bond acceptors (Lipinski definition) is 5. The summed E-state index contributed by atoms with van der Waals surface area (Å²) in [6.07, 6.45) is 4.62. The summed E-state index contributed by atoms with van der Waals surface area (Å²) in [6.45, 7) is 0. The third-order valence-corrected chi connectivity index (χ3v) is 5.14. The summed E-state index contributed by atoms with van der Waals surface area (Å²) in [6, 6.07) is 11.1. The standard InChI is InChI=1S/C19H18ClNO3S/c1-23-14-8-6-12-4-3-5-17(15(12)11-14)21-24-19(22)16-10-13(20)7-9-18(16)25-2/h6-11H,3-5H2,1-2H3/b21-17-.